The maximum absolute atomic E-state index is 11.4. The second-order valence-electron chi connectivity index (χ2n) is 3.35. The van der Waals surface area contributed by atoms with Crippen LogP contribution in [0.2, 0.25) is 0 Å². The van der Waals surface area contributed by atoms with Gasteiger partial charge >= 0.3 is 5.97 Å². The summed E-state index contributed by atoms with van der Waals surface area (Å²) in [5, 5.41) is 0. The number of aromatic nitrogens is 1. The van der Waals surface area contributed by atoms with Crippen molar-refractivity contribution in [1.82, 2.24) is 4.98 Å². The van der Waals surface area contributed by atoms with Crippen LogP contribution in [0.3, 0.4) is 0 Å². The van der Waals surface area contributed by atoms with Crippen molar-refractivity contribution >= 4 is 18.6 Å². The number of nitrogens with zero attached hydrogens (tertiary/aromatic N) is 1. The molecule has 0 radical (unpaired) electrons. The van der Waals surface area contributed by atoms with E-state index >= 15 is 0 Å². The lowest BCUT2D eigenvalue weighted by Gasteiger charge is -2.09. The smallest absolute Gasteiger partial charge is 0.347 e. The third-order valence-corrected chi connectivity index (χ3v) is 2.45. The number of carbonyl (C=O) groups is 1. The summed E-state index contributed by atoms with van der Waals surface area (Å²) >= 11 is 4.09. The normalized spacial score (nSPS) is 12.2. The maximum atomic E-state index is 11.4. The average molecular weight is 265 g/mol. The SMILES string of the molecule is C/C=C/C(OCc1cccnc1)=C(\S)C(=O)OC. The number of hydrogen-bond donors (Lipinski definition) is 1. The largest absolute Gasteiger partial charge is 0.487 e. The highest BCUT2D eigenvalue weighted by atomic mass is 32.1. The molecule has 0 aliphatic heterocycles. The van der Waals surface area contributed by atoms with Crippen molar-refractivity contribution in [1.29, 1.82) is 0 Å². The fourth-order valence-electron chi connectivity index (χ4n) is 1.19. The first kappa shape index (κ1) is 14.3. The van der Waals surface area contributed by atoms with E-state index in [0.29, 0.717) is 12.4 Å². The van der Waals surface area contributed by atoms with Gasteiger partial charge in [-0.05, 0) is 19.1 Å². The molecule has 18 heavy (non-hydrogen) atoms. The molecule has 0 unspecified atom stereocenters. The molecule has 0 atom stereocenters. The molecule has 1 rings (SSSR count). The molecule has 5 heteroatoms. The first-order valence-electron chi connectivity index (χ1n) is 5.35. The van der Waals surface area contributed by atoms with Crippen LogP contribution in [0.4, 0.5) is 0 Å². The molecule has 0 saturated carbocycles. The third-order valence-electron chi connectivity index (χ3n) is 2.05. The molecule has 1 aromatic heterocycles. The number of hydrogen-bond acceptors (Lipinski definition) is 5. The van der Waals surface area contributed by atoms with Gasteiger partial charge in [0.1, 0.15) is 17.3 Å². The predicted molar refractivity (Wildman–Crippen MR) is 71.9 cm³/mol. The van der Waals surface area contributed by atoms with E-state index in [1.54, 1.807) is 24.5 Å². The van der Waals surface area contributed by atoms with E-state index in [1.807, 2.05) is 19.1 Å². The molecule has 4 nitrogen and oxygen atoms in total. The Bertz CT molecular complexity index is 455. The topological polar surface area (TPSA) is 48.4 Å². The van der Waals surface area contributed by atoms with Gasteiger partial charge in [0, 0.05) is 18.0 Å². The zero-order chi connectivity index (χ0) is 13.4. The van der Waals surface area contributed by atoms with Crippen LogP contribution in [0.5, 0.6) is 0 Å². The summed E-state index contributed by atoms with van der Waals surface area (Å²) in [5.74, 6) is -0.158. The highest BCUT2D eigenvalue weighted by molar-refractivity contribution is 7.85. The third kappa shape index (κ3) is 4.25. The highest BCUT2D eigenvalue weighted by Crippen LogP contribution is 2.15. The Labute approximate surface area is 112 Å². The summed E-state index contributed by atoms with van der Waals surface area (Å²) in [7, 11) is 1.30. The van der Waals surface area contributed by atoms with Crippen LogP contribution < -0.4 is 0 Å². The van der Waals surface area contributed by atoms with Crippen LogP contribution in [0.15, 0.2) is 47.3 Å². The summed E-state index contributed by atoms with van der Waals surface area (Å²) < 4.78 is 10.1. The van der Waals surface area contributed by atoms with Crippen LogP contribution in [0, 0.1) is 0 Å². The molecule has 0 bridgehead atoms. The molecule has 0 amide bonds. The van der Waals surface area contributed by atoms with Gasteiger partial charge in [0.15, 0.2) is 0 Å². The van der Waals surface area contributed by atoms with Gasteiger partial charge in [-0.2, -0.15) is 0 Å². The van der Waals surface area contributed by atoms with Crippen LogP contribution in [0.1, 0.15) is 12.5 Å². The van der Waals surface area contributed by atoms with Crippen molar-refractivity contribution in [2.75, 3.05) is 7.11 Å². The van der Waals surface area contributed by atoms with Crippen molar-refractivity contribution in [3.63, 3.8) is 0 Å². The monoisotopic (exact) mass is 265 g/mol. The highest BCUT2D eigenvalue weighted by Gasteiger charge is 2.11. The fraction of sp³-hybridized carbons (Fsp3) is 0.231. The lowest BCUT2D eigenvalue weighted by Crippen LogP contribution is -2.05. The van der Waals surface area contributed by atoms with E-state index in [0.717, 1.165) is 5.56 Å². The Hall–Kier alpha value is -1.75. The van der Waals surface area contributed by atoms with Crippen molar-refractivity contribution in [2.45, 2.75) is 13.5 Å². The van der Waals surface area contributed by atoms with Gasteiger partial charge in [-0.25, -0.2) is 4.79 Å². The average Bonchev–Trinajstić information content (AvgIpc) is 2.43. The van der Waals surface area contributed by atoms with Crippen molar-refractivity contribution < 1.29 is 14.3 Å². The molecule has 1 aromatic rings. The van der Waals surface area contributed by atoms with Gasteiger partial charge in [0.25, 0.3) is 0 Å². The predicted octanol–water partition coefficient (Wildman–Crippen LogP) is 2.49. The lowest BCUT2D eigenvalue weighted by molar-refractivity contribution is -0.135. The number of rotatable bonds is 5. The van der Waals surface area contributed by atoms with E-state index < -0.39 is 5.97 Å². The number of pyridine rings is 1. The second kappa shape index (κ2) is 7.55. The van der Waals surface area contributed by atoms with Crippen LogP contribution >= 0.6 is 12.6 Å². The first-order valence-corrected chi connectivity index (χ1v) is 5.79. The number of ether oxygens (including phenoxy) is 2. The van der Waals surface area contributed by atoms with E-state index in [2.05, 4.69) is 22.3 Å². The summed E-state index contributed by atoms with van der Waals surface area (Å²) in [4.78, 5) is 15.5. The quantitative estimate of drug-likeness (QED) is 0.292. The number of methoxy groups -OCH3 is 1. The van der Waals surface area contributed by atoms with Crippen molar-refractivity contribution in [3.05, 3.63) is 52.9 Å². The van der Waals surface area contributed by atoms with Crippen molar-refractivity contribution in [2.24, 2.45) is 0 Å². The fourth-order valence-corrected chi connectivity index (χ4v) is 1.42. The maximum Gasteiger partial charge on any atom is 0.347 e. The minimum atomic E-state index is -0.530. The first-order chi connectivity index (χ1) is 8.69. The Morgan fingerprint density at radius 2 is 2.33 bits per heavy atom. The molecule has 0 saturated heterocycles. The summed E-state index contributed by atoms with van der Waals surface area (Å²) in [6.07, 6.45) is 6.81. The molecular weight excluding hydrogens is 250 g/mol. The number of allylic oxidation sites excluding steroid dienone is 2. The molecule has 0 fully saturated rings. The molecule has 0 aliphatic carbocycles. The van der Waals surface area contributed by atoms with Gasteiger partial charge in [0.2, 0.25) is 0 Å². The van der Waals surface area contributed by atoms with Crippen LogP contribution in [0.25, 0.3) is 0 Å². The Morgan fingerprint density at radius 1 is 1.56 bits per heavy atom. The van der Waals surface area contributed by atoms with Gasteiger partial charge in [-0.15, -0.1) is 12.6 Å². The van der Waals surface area contributed by atoms with E-state index in [1.165, 1.54) is 7.11 Å². The van der Waals surface area contributed by atoms with Gasteiger partial charge < -0.3 is 9.47 Å². The molecule has 96 valence electrons. The van der Waals surface area contributed by atoms with E-state index in [9.17, 15) is 4.79 Å². The summed E-state index contributed by atoms with van der Waals surface area (Å²) in [6.45, 7) is 2.14. The van der Waals surface area contributed by atoms with Crippen LogP contribution in [-0.2, 0) is 20.9 Å². The Morgan fingerprint density at radius 3 is 2.89 bits per heavy atom. The lowest BCUT2D eigenvalue weighted by atomic mass is 10.3. The Balaban J connectivity index is 2.79. The summed E-state index contributed by atoms with van der Waals surface area (Å²) in [6, 6.07) is 3.70. The number of esters is 1. The molecule has 1 heterocycles. The number of thiol groups is 1. The zero-order valence-corrected chi connectivity index (χ0v) is 11.2. The molecule has 0 spiro atoms. The number of carbonyl (C=O) groups excluding carboxylic acids is 1. The Kier molecular flexibility index (Phi) is 6.00. The van der Waals surface area contributed by atoms with Gasteiger partial charge in [0.05, 0.1) is 7.11 Å². The summed E-state index contributed by atoms with van der Waals surface area (Å²) in [5.41, 5.74) is 0.908. The molecule has 0 aliphatic rings. The zero-order valence-electron chi connectivity index (χ0n) is 10.3. The van der Waals surface area contributed by atoms with Gasteiger partial charge in [-0.3, -0.25) is 4.98 Å². The van der Waals surface area contributed by atoms with Crippen molar-refractivity contribution in [3.8, 4) is 0 Å². The standard InChI is InChI=1S/C13H15NO3S/c1-3-5-11(12(18)13(15)16-2)17-9-10-6-4-7-14-8-10/h3-8,18H,9H2,1-2H3/b5-3+,12-11+. The minimum absolute atomic E-state index is 0.138. The van der Waals surface area contributed by atoms with E-state index in [4.69, 9.17) is 4.74 Å². The molecule has 0 N–H and O–H groups in total. The molecular formula is C13H15NO3S. The second-order valence-corrected chi connectivity index (χ2v) is 3.80. The van der Waals surface area contributed by atoms with Gasteiger partial charge in [-0.1, -0.05) is 12.1 Å². The van der Waals surface area contributed by atoms with Crippen LogP contribution in [-0.4, -0.2) is 18.1 Å². The minimum Gasteiger partial charge on any atom is -0.487 e. The molecule has 0 aromatic carbocycles. The van der Waals surface area contributed by atoms with E-state index in [-0.39, 0.29) is 4.91 Å².